The summed E-state index contributed by atoms with van der Waals surface area (Å²) in [7, 11) is 0. The smallest absolute Gasteiger partial charge is 0.303 e. The summed E-state index contributed by atoms with van der Waals surface area (Å²) in [5.41, 5.74) is 0. The Bertz CT molecular complexity index is 715. The Balaban J connectivity index is 5.48. The van der Waals surface area contributed by atoms with Gasteiger partial charge < -0.3 is 4.90 Å². The van der Waals surface area contributed by atoms with E-state index in [2.05, 4.69) is 0 Å². The molecule has 0 amide bonds. The van der Waals surface area contributed by atoms with Crippen LogP contribution in [0.25, 0.3) is 0 Å². The molecule has 0 heterocycles. The van der Waals surface area contributed by atoms with Crippen molar-refractivity contribution < 1.29 is 79.0 Å². The minimum Gasteiger partial charge on any atom is -0.303 e. The third-order valence-corrected chi connectivity index (χ3v) is 6.18. The van der Waals surface area contributed by atoms with Gasteiger partial charge in [-0.25, -0.2) is 0 Å². The lowest BCUT2D eigenvalue weighted by atomic mass is 9.98. The van der Waals surface area contributed by atoms with Gasteiger partial charge in [0.25, 0.3) is 0 Å². The monoisotopic (exact) mass is 649 g/mol. The van der Waals surface area contributed by atoms with E-state index in [4.69, 9.17) is 0 Å². The van der Waals surface area contributed by atoms with Gasteiger partial charge in [-0.05, 0) is 38.9 Å². The minimum absolute atomic E-state index is 0.154. The van der Waals surface area contributed by atoms with E-state index in [1.807, 2.05) is 6.92 Å². The van der Waals surface area contributed by atoms with Gasteiger partial charge >= 0.3 is 47.9 Å². The first-order chi connectivity index (χ1) is 18.1. The van der Waals surface area contributed by atoms with Gasteiger partial charge in [0.2, 0.25) is 0 Å². The number of alkyl halides is 18. The molecule has 0 N–H and O–H groups in total. The maximum absolute atomic E-state index is 13.8. The van der Waals surface area contributed by atoms with Crippen LogP contribution in [0.2, 0.25) is 0 Å². The highest BCUT2D eigenvalue weighted by atomic mass is 19.4. The van der Waals surface area contributed by atoms with Gasteiger partial charge in [-0.1, -0.05) is 39.0 Å². The molecule has 41 heavy (non-hydrogen) atoms. The van der Waals surface area contributed by atoms with Crippen molar-refractivity contribution in [3.8, 4) is 0 Å². The molecule has 0 aromatic heterocycles. The van der Waals surface area contributed by atoms with Gasteiger partial charge in [-0.15, -0.1) is 0 Å². The van der Waals surface area contributed by atoms with Crippen molar-refractivity contribution in [2.24, 2.45) is 0 Å². The van der Waals surface area contributed by atoms with Crippen molar-refractivity contribution in [3.63, 3.8) is 0 Å². The van der Waals surface area contributed by atoms with Crippen LogP contribution < -0.4 is 0 Å². The van der Waals surface area contributed by atoms with Crippen molar-refractivity contribution in [2.75, 3.05) is 19.6 Å². The SMILES string of the molecule is CCCCCCCCN(CCCC(F)(F)C(F)(F)C(F)(F)C(F)(F)F)CCCC(F)(F)C(F)(F)C(F)(F)C(F)(F)F. The largest absolute Gasteiger partial charge is 0.460 e. The van der Waals surface area contributed by atoms with E-state index in [1.54, 1.807) is 0 Å². The number of unbranched alkanes of at least 4 members (excludes halogenated alkanes) is 5. The lowest BCUT2D eigenvalue weighted by Gasteiger charge is -2.34. The van der Waals surface area contributed by atoms with Gasteiger partial charge in [0.05, 0.1) is 0 Å². The molecule has 248 valence electrons. The Morgan fingerprint density at radius 3 is 0.976 bits per heavy atom. The minimum atomic E-state index is -7.13. The van der Waals surface area contributed by atoms with Gasteiger partial charge in [0.15, 0.2) is 0 Å². The van der Waals surface area contributed by atoms with Crippen molar-refractivity contribution >= 4 is 0 Å². The van der Waals surface area contributed by atoms with E-state index in [9.17, 15) is 79.0 Å². The first-order valence-electron chi connectivity index (χ1n) is 12.3. The van der Waals surface area contributed by atoms with E-state index in [0.717, 1.165) is 24.2 Å². The molecule has 0 radical (unpaired) electrons. The second kappa shape index (κ2) is 14.0. The summed E-state index contributed by atoms with van der Waals surface area (Å²) in [6.45, 7) is -0.0687. The second-order valence-corrected chi connectivity index (χ2v) is 9.52. The molecular weight excluding hydrogens is 620 g/mol. The molecule has 0 aromatic rings. The highest BCUT2D eigenvalue weighted by Gasteiger charge is 2.82. The molecule has 0 saturated carbocycles. The van der Waals surface area contributed by atoms with Crippen molar-refractivity contribution in [3.05, 3.63) is 0 Å². The number of hydrogen-bond acceptors (Lipinski definition) is 1. The first kappa shape index (κ1) is 39.7. The van der Waals surface area contributed by atoms with Crippen LogP contribution in [0.15, 0.2) is 0 Å². The molecule has 0 saturated heterocycles. The molecule has 0 atom stereocenters. The van der Waals surface area contributed by atoms with Crippen LogP contribution in [-0.2, 0) is 0 Å². The molecule has 0 fully saturated rings. The summed E-state index contributed by atoms with van der Waals surface area (Å²) in [6.07, 6.45) is -17.6. The van der Waals surface area contributed by atoms with E-state index >= 15 is 0 Å². The molecule has 0 aromatic carbocycles. The fourth-order valence-corrected chi connectivity index (χ4v) is 3.63. The van der Waals surface area contributed by atoms with Crippen LogP contribution in [0.1, 0.15) is 71.1 Å². The molecule has 0 aliphatic rings. The molecule has 0 spiro atoms. The Hall–Kier alpha value is -1.30. The van der Waals surface area contributed by atoms with Crippen LogP contribution in [0.3, 0.4) is 0 Å². The summed E-state index contributed by atoms with van der Waals surface area (Å²) < 4.78 is 234. The molecule has 0 rings (SSSR count). The van der Waals surface area contributed by atoms with E-state index in [1.165, 1.54) is 0 Å². The van der Waals surface area contributed by atoms with E-state index < -0.39 is 86.7 Å². The second-order valence-electron chi connectivity index (χ2n) is 9.52. The van der Waals surface area contributed by atoms with Crippen LogP contribution >= 0.6 is 0 Å². The number of rotatable bonds is 19. The average Bonchev–Trinajstić information content (AvgIpc) is 2.78. The molecule has 1 nitrogen and oxygen atoms in total. The quantitative estimate of drug-likeness (QED) is 0.0995. The maximum Gasteiger partial charge on any atom is 0.460 e. The summed E-state index contributed by atoms with van der Waals surface area (Å²) in [5, 5.41) is 0. The maximum atomic E-state index is 13.8. The van der Waals surface area contributed by atoms with E-state index in [0.29, 0.717) is 12.8 Å². The number of halogens is 18. The lowest BCUT2D eigenvalue weighted by molar-refractivity contribution is -0.396. The topological polar surface area (TPSA) is 3.24 Å². The zero-order valence-electron chi connectivity index (χ0n) is 21.4. The van der Waals surface area contributed by atoms with Crippen molar-refractivity contribution in [2.45, 2.75) is 119 Å². The predicted molar refractivity (Wildman–Crippen MR) is 110 cm³/mol. The van der Waals surface area contributed by atoms with E-state index in [-0.39, 0.29) is 13.0 Å². The Kier molecular flexibility index (Phi) is 13.5. The molecular formula is C22H29F18N. The van der Waals surface area contributed by atoms with Crippen LogP contribution in [0.5, 0.6) is 0 Å². The average molecular weight is 649 g/mol. The fraction of sp³-hybridized carbons (Fsp3) is 1.00. The molecule has 0 unspecified atom stereocenters. The molecule has 0 aliphatic heterocycles. The highest BCUT2D eigenvalue weighted by Crippen LogP contribution is 2.55. The van der Waals surface area contributed by atoms with Crippen molar-refractivity contribution in [1.29, 1.82) is 0 Å². The first-order valence-corrected chi connectivity index (χ1v) is 12.3. The summed E-state index contributed by atoms with van der Waals surface area (Å²) in [5.74, 6) is -39.9. The normalized spacial score (nSPS) is 15.2. The molecule has 0 aliphatic carbocycles. The zero-order valence-corrected chi connectivity index (χ0v) is 21.4. The molecule has 19 heteroatoms. The van der Waals surface area contributed by atoms with Gasteiger partial charge in [-0.3, -0.25) is 0 Å². The predicted octanol–water partition coefficient (Wildman–Crippen LogP) is 10.1. The standard InChI is InChI=1S/C22H29F18N/c1-2-3-4-5-6-7-12-41(13-8-10-15(23,24)17(27,28)19(31,32)21(35,36)37)14-9-11-16(25,26)18(29,30)20(33,34)22(38,39)40/h2-14H2,1H3. The summed E-state index contributed by atoms with van der Waals surface area (Å²) >= 11 is 0. The summed E-state index contributed by atoms with van der Waals surface area (Å²) in [4.78, 5) is 0.867. The van der Waals surface area contributed by atoms with Crippen LogP contribution in [-0.4, -0.2) is 72.4 Å². The fourth-order valence-electron chi connectivity index (χ4n) is 3.63. The molecule has 0 bridgehead atoms. The Morgan fingerprint density at radius 1 is 0.366 bits per heavy atom. The Morgan fingerprint density at radius 2 is 0.659 bits per heavy atom. The lowest BCUT2D eigenvalue weighted by Crippen LogP contribution is -2.61. The third-order valence-electron chi connectivity index (χ3n) is 6.18. The summed E-state index contributed by atoms with van der Waals surface area (Å²) in [6, 6.07) is 0. The van der Waals surface area contributed by atoms with Crippen molar-refractivity contribution in [1.82, 2.24) is 4.90 Å². The number of nitrogens with zero attached hydrogens (tertiary/aromatic N) is 1. The third kappa shape index (κ3) is 9.34. The zero-order chi connectivity index (χ0) is 32.8. The number of hydrogen-bond donors (Lipinski definition) is 0. The van der Waals surface area contributed by atoms with Gasteiger partial charge in [0, 0.05) is 12.8 Å². The van der Waals surface area contributed by atoms with Crippen LogP contribution in [0.4, 0.5) is 79.0 Å². The van der Waals surface area contributed by atoms with Gasteiger partial charge in [0.1, 0.15) is 0 Å². The van der Waals surface area contributed by atoms with Crippen LogP contribution in [0, 0.1) is 0 Å². The Labute approximate surface area is 223 Å². The highest BCUT2D eigenvalue weighted by molar-refractivity contribution is 5.01. The van der Waals surface area contributed by atoms with Gasteiger partial charge in [-0.2, -0.15) is 79.0 Å².